The topological polar surface area (TPSA) is 114 Å². The van der Waals surface area contributed by atoms with Gasteiger partial charge in [0.05, 0.1) is 29.2 Å². The van der Waals surface area contributed by atoms with Crippen LogP contribution in [0.15, 0.2) is 29.2 Å². The van der Waals surface area contributed by atoms with Gasteiger partial charge in [0, 0.05) is 57.3 Å². The lowest BCUT2D eigenvalue weighted by molar-refractivity contribution is -0.135. The van der Waals surface area contributed by atoms with Crippen LogP contribution in [0.3, 0.4) is 0 Å². The molecule has 0 saturated heterocycles. The second-order valence-electron chi connectivity index (χ2n) is 12.9. The Balaban J connectivity index is 1.22. The Morgan fingerprint density at radius 2 is 1.61 bits per heavy atom. The summed E-state index contributed by atoms with van der Waals surface area (Å²) in [7, 11) is 0. The third kappa shape index (κ3) is 7.63. The number of alkyl halides is 7. The molecule has 0 aliphatic heterocycles. The zero-order chi connectivity index (χ0) is 32.9. The molecule has 0 spiro atoms. The Bertz CT molecular complexity index is 1570. The highest BCUT2D eigenvalue weighted by Gasteiger charge is 2.46. The number of halogens is 7. The van der Waals surface area contributed by atoms with Crippen molar-refractivity contribution in [3.8, 4) is 0 Å². The van der Waals surface area contributed by atoms with Gasteiger partial charge in [-0.2, -0.15) is 13.2 Å². The van der Waals surface area contributed by atoms with E-state index in [0.29, 0.717) is 11.4 Å². The van der Waals surface area contributed by atoms with Gasteiger partial charge in [-0.05, 0) is 49.5 Å². The first kappa shape index (κ1) is 32.2. The fraction of sp³-hybridized carbons (Fsp3) is 0.633. The Morgan fingerprint density at radius 3 is 2.26 bits per heavy atom. The van der Waals surface area contributed by atoms with E-state index in [1.807, 2.05) is 0 Å². The van der Waals surface area contributed by atoms with E-state index in [4.69, 9.17) is 4.52 Å². The number of carbonyl (C=O) groups is 2. The smallest absolute Gasteiger partial charge is 0.364 e. The van der Waals surface area contributed by atoms with Gasteiger partial charge in [0.15, 0.2) is 0 Å². The van der Waals surface area contributed by atoms with E-state index in [1.54, 1.807) is 22.9 Å². The lowest BCUT2D eigenvalue weighted by Gasteiger charge is -2.34. The number of fused-ring (bicyclic) bond motifs is 1. The van der Waals surface area contributed by atoms with Crippen LogP contribution in [0.1, 0.15) is 104 Å². The van der Waals surface area contributed by atoms with Crippen LogP contribution in [0.4, 0.5) is 30.7 Å². The van der Waals surface area contributed by atoms with Gasteiger partial charge in [0.25, 0.3) is 5.91 Å². The standard InChI is InChI=1S/C30H33F7N6O3/c31-28(32)7-3-18(4-8-28)25(41-26(45)19-15-46-42-20(19)5-9-30(35,36)37)22-14-43-10-6-21(38-27(43)39-22)24(17-1-2-17)40-23(44)11-16-12-29(33,34)13-16/h6,10,14-18,24-25H,1-5,7-9,11-13H2,(H,40,44)(H,41,45)/t24-,25+/m1/s1. The van der Waals surface area contributed by atoms with Gasteiger partial charge >= 0.3 is 6.18 Å². The Hall–Kier alpha value is -3.72. The minimum Gasteiger partial charge on any atom is -0.364 e. The summed E-state index contributed by atoms with van der Waals surface area (Å²) in [5.74, 6) is -7.14. The van der Waals surface area contributed by atoms with Crippen LogP contribution in [0.25, 0.3) is 5.78 Å². The molecule has 2 N–H and O–H groups in total. The van der Waals surface area contributed by atoms with Gasteiger partial charge in [-0.15, -0.1) is 0 Å². The molecule has 2 amide bonds. The summed E-state index contributed by atoms with van der Waals surface area (Å²) in [4.78, 5) is 35.3. The summed E-state index contributed by atoms with van der Waals surface area (Å²) in [5, 5.41) is 9.28. The molecular weight excluding hydrogens is 625 g/mol. The van der Waals surface area contributed by atoms with Crippen molar-refractivity contribution in [1.29, 1.82) is 0 Å². The van der Waals surface area contributed by atoms with Gasteiger partial charge in [-0.1, -0.05) is 5.16 Å². The van der Waals surface area contributed by atoms with Crippen molar-refractivity contribution >= 4 is 17.6 Å². The number of hydrogen-bond acceptors (Lipinski definition) is 6. The van der Waals surface area contributed by atoms with E-state index in [0.717, 1.165) is 19.1 Å². The predicted octanol–water partition coefficient (Wildman–Crippen LogP) is 6.51. The van der Waals surface area contributed by atoms with Gasteiger partial charge < -0.3 is 15.2 Å². The van der Waals surface area contributed by atoms with E-state index < -0.39 is 67.6 Å². The summed E-state index contributed by atoms with van der Waals surface area (Å²) >= 11 is 0. The molecule has 9 nitrogen and oxygen atoms in total. The van der Waals surface area contributed by atoms with Crippen LogP contribution in [-0.2, 0) is 11.2 Å². The van der Waals surface area contributed by atoms with Crippen LogP contribution < -0.4 is 10.6 Å². The number of carbonyl (C=O) groups excluding carboxylic acids is 2. The molecule has 3 heterocycles. The minimum absolute atomic E-state index is 0.000490. The maximum absolute atomic E-state index is 14.0. The Morgan fingerprint density at radius 1 is 0.957 bits per heavy atom. The highest BCUT2D eigenvalue weighted by molar-refractivity contribution is 5.95. The second kappa shape index (κ2) is 12.1. The number of rotatable bonds is 11. The molecule has 0 radical (unpaired) electrons. The van der Waals surface area contributed by atoms with Crippen LogP contribution in [0.2, 0.25) is 0 Å². The number of imidazole rings is 1. The third-order valence-electron chi connectivity index (χ3n) is 9.12. The van der Waals surface area contributed by atoms with Gasteiger partial charge in [-0.3, -0.25) is 14.0 Å². The van der Waals surface area contributed by atoms with Crippen molar-refractivity contribution < 1.29 is 44.8 Å². The van der Waals surface area contributed by atoms with Crippen molar-refractivity contribution in [1.82, 2.24) is 30.2 Å². The summed E-state index contributed by atoms with van der Waals surface area (Å²) in [6, 6.07) is 0.384. The number of amides is 2. The summed E-state index contributed by atoms with van der Waals surface area (Å²) in [6.07, 6.45) is -1.60. The zero-order valence-electron chi connectivity index (χ0n) is 24.6. The largest absolute Gasteiger partial charge is 0.389 e. The lowest BCUT2D eigenvalue weighted by Crippen LogP contribution is -2.39. The third-order valence-corrected chi connectivity index (χ3v) is 9.12. The molecule has 3 aliphatic rings. The Kier molecular flexibility index (Phi) is 8.51. The molecular formula is C30H33F7N6O3. The van der Waals surface area contributed by atoms with Crippen LogP contribution in [0, 0.1) is 17.8 Å². The molecule has 3 saturated carbocycles. The summed E-state index contributed by atoms with van der Waals surface area (Å²) in [6.45, 7) is 0. The fourth-order valence-electron chi connectivity index (χ4n) is 6.45. The molecule has 0 aromatic carbocycles. The monoisotopic (exact) mass is 658 g/mol. The average Bonchev–Trinajstić information content (AvgIpc) is 3.52. The average molecular weight is 659 g/mol. The van der Waals surface area contributed by atoms with E-state index in [1.165, 1.54) is 0 Å². The zero-order valence-corrected chi connectivity index (χ0v) is 24.6. The molecule has 0 unspecified atom stereocenters. The maximum Gasteiger partial charge on any atom is 0.389 e. The molecule has 2 atom stereocenters. The van der Waals surface area contributed by atoms with E-state index in [2.05, 4.69) is 25.8 Å². The number of nitrogens with one attached hydrogen (secondary N) is 2. The molecule has 3 aromatic heterocycles. The first-order chi connectivity index (χ1) is 21.6. The van der Waals surface area contributed by atoms with Crippen molar-refractivity contribution in [2.75, 3.05) is 0 Å². The molecule has 3 aromatic rings. The van der Waals surface area contributed by atoms with Crippen molar-refractivity contribution in [2.24, 2.45) is 17.8 Å². The van der Waals surface area contributed by atoms with E-state index >= 15 is 0 Å². The highest BCUT2D eigenvalue weighted by atomic mass is 19.4. The Labute approximate surface area is 258 Å². The molecule has 6 rings (SSSR count). The van der Waals surface area contributed by atoms with Crippen LogP contribution in [-0.4, -0.2) is 49.4 Å². The first-order valence-electron chi connectivity index (χ1n) is 15.4. The fourth-order valence-corrected chi connectivity index (χ4v) is 6.45. The number of nitrogens with zero attached hydrogens (tertiary/aromatic N) is 4. The van der Waals surface area contributed by atoms with Gasteiger partial charge in [0.2, 0.25) is 23.5 Å². The summed E-state index contributed by atoms with van der Waals surface area (Å²) in [5.41, 5.74) is 0.480. The molecule has 250 valence electrons. The maximum atomic E-state index is 14.0. The molecule has 46 heavy (non-hydrogen) atoms. The molecule has 16 heteroatoms. The van der Waals surface area contributed by atoms with E-state index in [9.17, 15) is 40.3 Å². The minimum atomic E-state index is -4.47. The van der Waals surface area contributed by atoms with Crippen molar-refractivity contribution in [3.05, 3.63) is 47.4 Å². The van der Waals surface area contributed by atoms with E-state index in [-0.39, 0.29) is 66.9 Å². The van der Waals surface area contributed by atoms with Crippen LogP contribution in [0.5, 0.6) is 0 Å². The first-order valence-corrected chi connectivity index (χ1v) is 15.4. The number of aromatic nitrogens is 4. The summed E-state index contributed by atoms with van der Waals surface area (Å²) < 4.78 is 99.4. The second-order valence-corrected chi connectivity index (χ2v) is 12.9. The van der Waals surface area contributed by atoms with Crippen molar-refractivity contribution in [3.63, 3.8) is 0 Å². The SMILES string of the molecule is O=C(CC1CC(F)(F)C1)N[C@@H](c1ccn2cc([C@@H](NC(=O)c3conc3CCC(F)(F)F)C3CCC(F)(F)CC3)nc2n1)C1CC1. The quantitative estimate of drug-likeness (QED) is 0.227. The van der Waals surface area contributed by atoms with Crippen molar-refractivity contribution in [2.45, 2.75) is 101 Å². The number of aryl methyl sites for hydroxylation is 1. The molecule has 0 bridgehead atoms. The highest BCUT2D eigenvalue weighted by Crippen LogP contribution is 2.45. The lowest BCUT2D eigenvalue weighted by atomic mass is 9.79. The molecule has 3 fully saturated rings. The predicted molar refractivity (Wildman–Crippen MR) is 147 cm³/mol. The number of hydrogen-bond donors (Lipinski definition) is 2. The van der Waals surface area contributed by atoms with Gasteiger partial charge in [-0.25, -0.2) is 27.5 Å². The van der Waals surface area contributed by atoms with Crippen LogP contribution >= 0.6 is 0 Å². The molecule has 3 aliphatic carbocycles. The van der Waals surface area contributed by atoms with Gasteiger partial charge in [0.1, 0.15) is 11.8 Å². The normalized spacial score (nSPS) is 21.5.